The molecule has 2 aliphatic heterocycles. The van der Waals surface area contributed by atoms with Crippen molar-refractivity contribution < 1.29 is 14.3 Å². The van der Waals surface area contributed by atoms with E-state index in [2.05, 4.69) is 10.3 Å². The summed E-state index contributed by atoms with van der Waals surface area (Å²) in [7, 11) is 0. The highest BCUT2D eigenvalue weighted by molar-refractivity contribution is 7.08. The topological polar surface area (TPSA) is 71.5 Å². The average molecular weight is 400 g/mol. The summed E-state index contributed by atoms with van der Waals surface area (Å²) in [4.78, 5) is 30.8. The van der Waals surface area contributed by atoms with Gasteiger partial charge in [0.2, 0.25) is 0 Å². The van der Waals surface area contributed by atoms with Crippen molar-refractivity contribution in [3.8, 4) is 0 Å². The molecule has 1 spiro atoms. The maximum Gasteiger partial charge on any atom is 0.269 e. The number of carbonyl (C=O) groups excluding carboxylic acids is 2. The first-order chi connectivity index (χ1) is 13.7. The fourth-order valence-corrected chi connectivity index (χ4v) is 4.79. The number of hydrogen-bond donors (Lipinski definition) is 1. The second kappa shape index (κ2) is 8.41. The third-order valence-corrected chi connectivity index (χ3v) is 6.46. The molecule has 2 aliphatic rings. The Morgan fingerprint density at radius 1 is 1.29 bits per heavy atom. The van der Waals surface area contributed by atoms with Crippen molar-refractivity contribution in [1.82, 2.24) is 15.2 Å². The number of thiophene rings is 1. The molecule has 0 aromatic carbocycles. The van der Waals surface area contributed by atoms with E-state index in [1.54, 1.807) is 29.7 Å². The van der Waals surface area contributed by atoms with Gasteiger partial charge in [0.25, 0.3) is 11.8 Å². The predicted octanol–water partition coefficient (Wildman–Crippen LogP) is 2.97. The Bertz CT molecular complexity index is 802. The van der Waals surface area contributed by atoms with Crippen LogP contribution in [0.15, 0.2) is 41.2 Å². The molecule has 2 amide bonds. The highest BCUT2D eigenvalue weighted by Crippen LogP contribution is 2.37. The molecule has 0 bridgehead atoms. The fourth-order valence-electron chi connectivity index (χ4n) is 4.16. The first-order valence-corrected chi connectivity index (χ1v) is 10.7. The fraction of sp³-hybridized carbons (Fsp3) is 0.476. The lowest BCUT2D eigenvalue weighted by Gasteiger charge is -2.46. The molecule has 1 N–H and O–H groups in total. The number of ether oxygens (including phenoxy) is 1. The Labute approximate surface area is 168 Å². The second-order valence-corrected chi connectivity index (χ2v) is 8.40. The molecule has 2 aromatic heterocycles. The van der Waals surface area contributed by atoms with E-state index in [0.717, 1.165) is 44.3 Å². The van der Waals surface area contributed by atoms with Crippen LogP contribution in [0.1, 0.15) is 46.5 Å². The monoisotopic (exact) mass is 399 g/mol. The minimum Gasteiger partial charge on any atom is -0.375 e. The molecule has 0 aliphatic carbocycles. The van der Waals surface area contributed by atoms with Crippen LogP contribution in [-0.4, -0.2) is 53.5 Å². The first kappa shape index (κ1) is 19.1. The lowest BCUT2D eigenvalue weighted by molar-refractivity contribution is -0.122. The summed E-state index contributed by atoms with van der Waals surface area (Å²) < 4.78 is 6.19. The van der Waals surface area contributed by atoms with Gasteiger partial charge in [-0.2, -0.15) is 11.3 Å². The molecule has 1 unspecified atom stereocenters. The molecule has 28 heavy (non-hydrogen) atoms. The molecule has 2 saturated heterocycles. The Hall–Kier alpha value is -2.25. The zero-order chi connectivity index (χ0) is 19.4. The number of nitrogens with zero attached hydrogens (tertiary/aromatic N) is 2. The second-order valence-electron chi connectivity index (χ2n) is 7.62. The number of likely N-dealkylation sites (tertiary alicyclic amines) is 1. The summed E-state index contributed by atoms with van der Waals surface area (Å²) in [5.74, 6) is 0.379. The van der Waals surface area contributed by atoms with Crippen LogP contribution in [0.4, 0.5) is 0 Å². The van der Waals surface area contributed by atoms with Gasteiger partial charge in [0.1, 0.15) is 5.69 Å². The van der Waals surface area contributed by atoms with Gasteiger partial charge in [0.05, 0.1) is 11.2 Å². The Kier molecular flexibility index (Phi) is 5.73. The largest absolute Gasteiger partial charge is 0.375 e. The maximum atomic E-state index is 12.5. The van der Waals surface area contributed by atoms with Crippen molar-refractivity contribution in [2.75, 3.05) is 26.2 Å². The molecular formula is C21H25N3O3S. The lowest BCUT2D eigenvalue weighted by Crippen LogP contribution is -2.51. The van der Waals surface area contributed by atoms with Crippen molar-refractivity contribution in [1.29, 1.82) is 0 Å². The zero-order valence-corrected chi connectivity index (χ0v) is 16.6. The summed E-state index contributed by atoms with van der Waals surface area (Å²) in [6.07, 6.45) is 5.21. The third-order valence-electron chi connectivity index (χ3n) is 5.77. The SMILES string of the molecule is O=C(NCC1CCOC2(CCN(C(=O)c3ccsc3)CC2)C1)c1ccccn1. The quantitative estimate of drug-likeness (QED) is 0.858. The van der Waals surface area contributed by atoms with Gasteiger partial charge in [-0.05, 0) is 55.2 Å². The van der Waals surface area contributed by atoms with Gasteiger partial charge in [-0.25, -0.2) is 0 Å². The van der Waals surface area contributed by atoms with E-state index in [1.807, 2.05) is 27.8 Å². The van der Waals surface area contributed by atoms with Gasteiger partial charge >= 0.3 is 0 Å². The number of aromatic nitrogens is 1. The number of piperidine rings is 1. The molecule has 2 fully saturated rings. The van der Waals surface area contributed by atoms with Gasteiger partial charge in [-0.15, -0.1) is 0 Å². The molecule has 6 nitrogen and oxygen atoms in total. The minimum absolute atomic E-state index is 0.117. The smallest absolute Gasteiger partial charge is 0.269 e. The molecule has 0 saturated carbocycles. The number of amides is 2. The minimum atomic E-state index is -0.163. The first-order valence-electron chi connectivity index (χ1n) is 9.80. The Morgan fingerprint density at radius 2 is 2.14 bits per heavy atom. The van der Waals surface area contributed by atoms with Crippen LogP contribution in [0.25, 0.3) is 0 Å². The summed E-state index contributed by atoms with van der Waals surface area (Å²) in [6.45, 7) is 2.80. The molecule has 1 atom stereocenters. The summed E-state index contributed by atoms with van der Waals surface area (Å²) in [5, 5.41) is 6.86. The number of carbonyl (C=O) groups is 2. The van der Waals surface area contributed by atoms with Crippen molar-refractivity contribution >= 4 is 23.2 Å². The maximum absolute atomic E-state index is 12.5. The third kappa shape index (κ3) is 4.25. The van der Waals surface area contributed by atoms with E-state index < -0.39 is 0 Å². The van der Waals surface area contributed by atoms with Crippen LogP contribution in [-0.2, 0) is 4.74 Å². The van der Waals surface area contributed by atoms with Crippen LogP contribution < -0.4 is 5.32 Å². The number of rotatable bonds is 4. The predicted molar refractivity (Wildman–Crippen MR) is 107 cm³/mol. The van der Waals surface area contributed by atoms with E-state index >= 15 is 0 Å². The Morgan fingerprint density at radius 3 is 2.86 bits per heavy atom. The molecule has 4 heterocycles. The number of hydrogen-bond acceptors (Lipinski definition) is 5. The lowest BCUT2D eigenvalue weighted by atomic mass is 9.79. The normalized spacial score (nSPS) is 21.4. The highest BCUT2D eigenvalue weighted by Gasteiger charge is 2.41. The highest BCUT2D eigenvalue weighted by atomic mass is 32.1. The van der Waals surface area contributed by atoms with Crippen LogP contribution in [0.5, 0.6) is 0 Å². The van der Waals surface area contributed by atoms with Gasteiger partial charge in [-0.1, -0.05) is 6.07 Å². The summed E-state index contributed by atoms with van der Waals surface area (Å²) in [6, 6.07) is 7.22. The van der Waals surface area contributed by atoms with Gasteiger partial charge in [-0.3, -0.25) is 14.6 Å². The van der Waals surface area contributed by atoms with Crippen LogP contribution >= 0.6 is 11.3 Å². The Balaban J connectivity index is 1.29. The van der Waals surface area contributed by atoms with Crippen molar-refractivity contribution in [3.63, 3.8) is 0 Å². The van der Waals surface area contributed by atoms with Crippen LogP contribution in [0.2, 0.25) is 0 Å². The molecular weight excluding hydrogens is 374 g/mol. The van der Waals surface area contributed by atoms with Gasteiger partial charge in [0, 0.05) is 37.8 Å². The molecule has 0 radical (unpaired) electrons. The van der Waals surface area contributed by atoms with Crippen LogP contribution in [0, 0.1) is 5.92 Å². The summed E-state index contributed by atoms with van der Waals surface area (Å²) in [5.41, 5.74) is 1.06. The van der Waals surface area contributed by atoms with Gasteiger partial charge < -0.3 is 15.0 Å². The van der Waals surface area contributed by atoms with Crippen molar-refractivity contribution in [2.24, 2.45) is 5.92 Å². The van der Waals surface area contributed by atoms with Crippen molar-refractivity contribution in [3.05, 3.63) is 52.5 Å². The summed E-state index contributed by atoms with van der Waals surface area (Å²) >= 11 is 1.55. The molecule has 4 rings (SSSR count). The van der Waals surface area contributed by atoms with E-state index in [4.69, 9.17) is 4.74 Å². The van der Waals surface area contributed by atoms with Gasteiger partial charge in [0.15, 0.2) is 0 Å². The van der Waals surface area contributed by atoms with E-state index in [9.17, 15) is 9.59 Å². The number of pyridine rings is 1. The molecule has 148 valence electrons. The van der Waals surface area contributed by atoms with Crippen LogP contribution in [0.3, 0.4) is 0 Å². The van der Waals surface area contributed by atoms with E-state index in [0.29, 0.717) is 24.8 Å². The van der Waals surface area contributed by atoms with E-state index in [-0.39, 0.29) is 17.4 Å². The molecule has 7 heteroatoms. The number of nitrogens with one attached hydrogen (secondary N) is 1. The molecule has 2 aromatic rings. The zero-order valence-electron chi connectivity index (χ0n) is 15.8. The van der Waals surface area contributed by atoms with E-state index in [1.165, 1.54) is 0 Å². The standard InChI is InChI=1S/C21H25N3O3S/c25-19(18-3-1-2-8-22-18)23-14-16-4-11-27-21(13-16)6-9-24(10-7-21)20(26)17-5-12-28-15-17/h1-3,5,8,12,15-16H,4,6-7,9-11,13-14H2,(H,23,25). The van der Waals surface area contributed by atoms with Crippen molar-refractivity contribution in [2.45, 2.75) is 31.3 Å². The average Bonchev–Trinajstić information content (AvgIpc) is 3.28.